The molecule has 0 atom stereocenters. The minimum Gasteiger partial charge on any atom is -0.355 e. The van der Waals surface area contributed by atoms with Crippen molar-refractivity contribution in [1.82, 2.24) is 29.9 Å². The Balaban J connectivity index is 0.000000288. The molecule has 4 aromatic heterocycles. The summed E-state index contributed by atoms with van der Waals surface area (Å²) >= 11 is 0. The molecule has 2 aliphatic rings. The Morgan fingerprint density at radius 3 is 1.00 bits per heavy atom. The molecule has 0 unspecified atom stereocenters. The van der Waals surface area contributed by atoms with Crippen LogP contribution in [-0.2, 0) is 16.8 Å². The van der Waals surface area contributed by atoms with Crippen LogP contribution in [0.1, 0.15) is 22.8 Å². The standard InChI is InChI=1S/C20H14N4.C4H4N2.Co/c1-2-14-10-16-5-6-18(23-16)12-20-8-7-19(24-20)11-17-4-3-15(22-17)9-13(1)21-14;1-2-6-4-3-5-1;/h1-12,21,24H;1-4H;. The molecule has 4 aromatic rings. The van der Waals surface area contributed by atoms with Crippen LogP contribution in [0.3, 0.4) is 0 Å². The molecule has 153 valence electrons. The fourth-order valence-electron chi connectivity index (χ4n) is 3.20. The first-order valence-corrected chi connectivity index (χ1v) is 9.55. The summed E-state index contributed by atoms with van der Waals surface area (Å²) in [4.78, 5) is 23.5. The van der Waals surface area contributed by atoms with Crippen molar-refractivity contribution in [1.29, 1.82) is 0 Å². The van der Waals surface area contributed by atoms with Gasteiger partial charge in [0.2, 0.25) is 0 Å². The fraction of sp³-hybridized carbons (Fsp3) is 0. The smallest absolute Gasteiger partial charge is 0.0658 e. The van der Waals surface area contributed by atoms with E-state index in [4.69, 9.17) is 0 Å². The number of H-pyrrole nitrogens is 2. The van der Waals surface area contributed by atoms with Crippen LogP contribution in [0, 0.1) is 0 Å². The van der Waals surface area contributed by atoms with Gasteiger partial charge in [-0.1, -0.05) is 0 Å². The zero-order chi connectivity index (χ0) is 20.2. The summed E-state index contributed by atoms with van der Waals surface area (Å²) in [7, 11) is 0. The molecule has 0 saturated heterocycles. The van der Waals surface area contributed by atoms with Crippen LogP contribution in [0.25, 0.3) is 46.4 Å². The molecule has 0 fully saturated rings. The van der Waals surface area contributed by atoms with Crippen LogP contribution < -0.4 is 0 Å². The molecule has 0 amide bonds. The Hall–Kier alpha value is -3.81. The Labute approximate surface area is 189 Å². The number of aromatic amines is 2. The second-order valence-electron chi connectivity index (χ2n) is 6.80. The predicted octanol–water partition coefficient (Wildman–Crippen LogP) is 5.13. The Kier molecular flexibility index (Phi) is 6.16. The number of nitrogens with one attached hydrogen (secondary N) is 2. The molecule has 31 heavy (non-hydrogen) atoms. The van der Waals surface area contributed by atoms with Gasteiger partial charge >= 0.3 is 0 Å². The number of hydrogen-bond acceptors (Lipinski definition) is 4. The van der Waals surface area contributed by atoms with E-state index in [-0.39, 0.29) is 16.8 Å². The van der Waals surface area contributed by atoms with Crippen molar-refractivity contribution in [3.05, 3.63) is 96.1 Å². The molecule has 1 radical (unpaired) electrons. The van der Waals surface area contributed by atoms with Crippen molar-refractivity contribution < 1.29 is 16.8 Å². The van der Waals surface area contributed by atoms with Crippen molar-refractivity contribution in [2.75, 3.05) is 0 Å². The predicted molar refractivity (Wildman–Crippen MR) is 121 cm³/mol. The molecule has 0 aromatic carbocycles. The minimum absolute atomic E-state index is 0. The first-order valence-electron chi connectivity index (χ1n) is 9.55. The summed E-state index contributed by atoms with van der Waals surface area (Å²) < 4.78 is 0. The van der Waals surface area contributed by atoms with E-state index in [1.54, 1.807) is 24.8 Å². The largest absolute Gasteiger partial charge is 0.355 e. The van der Waals surface area contributed by atoms with Crippen molar-refractivity contribution in [3.8, 4) is 0 Å². The Morgan fingerprint density at radius 2 is 0.742 bits per heavy atom. The fourth-order valence-corrected chi connectivity index (χ4v) is 3.20. The van der Waals surface area contributed by atoms with Gasteiger partial charge in [-0.3, -0.25) is 9.97 Å². The maximum Gasteiger partial charge on any atom is 0.0658 e. The third-order valence-corrected chi connectivity index (χ3v) is 4.52. The molecule has 0 aliphatic carbocycles. The number of fused-ring (bicyclic) bond motifs is 8. The first kappa shape index (κ1) is 20.5. The monoisotopic (exact) mass is 449 g/mol. The summed E-state index contributed by atoms with van der Waals surface area (Å²) in [6, 6.07) is 16.4. The van der Waals surface area contributed by atoms with E-state index < -0.39 is 0 Å². The van der Waals surface area contributed by atoms with Gasteiger partial charge in [0.15, 0.2) is 0 Å². The number of aromatic nitrogens is 6. The Morgan fingerprint density at radius 1 is 0.452 bits per heavy atom. The molecule has 0 saturated carbocycles. The van der Waals surface area contributed by atoms with E-state index in [1.165, 1.54) is 0 Å². The number of rotatable bonds is 0. The molecular weight excluding hydrogens is 431 g/mol. The topological polar surface area (TPSA) is 83.1 Å². The van der Waals surface area contributed by atoms with Crippen LogP contribution in [0.5, 0.6) is 0 Å². The van der Waals surface area contributed by atoms with E-state index in [9.17, 15) is 0 Å². The third kappa shape index (κ3) is 5.22. The van der Waals surface area contributed by atoms with Crippen LogP contribution in [-0.4, -0.2) is 29.9 Å². The maximum absolute atomic E-state index is 4.63. The van der Waals surface area contributed by atoms with E-state index in [0.29, 0.717) is 0 Å². The molecule has 6 heterocycles. The van der Waals surface area contributed by atoms with Gasteiger partial charge in [0, 0.05) is 63.6 Å². The molecule has 2 N–H and O–H groups in total. The molecule has 7 heteroatoms. The van der Waals surface area contributed by atoms with E-state index in [2.05, 4.69) is 54.2 Å². The molecule has 6 nitrogen and oxygen atoms in total. The van der Waals surface area contributed by atoms with Crippen molar-refractivity contribution in [3.63, 3.8) is 0 Å². The average molecular weight is 449 g/mol. The van der Waals surface area contributed by atoms with Gasteiger partial charge in [0.1, 0.15) is 0 Å². The van der Waals surface area contributed by atoms with Crippen molar-refractivity contribution in [2.45, 2.75) is 0 Å². The average Bonchev–Trinajstić information content (AvgIpc) is 3.56. The quantitative estimate of drug-likeness (QED) is 0.337. The maximum atomic E-state index is 4.63. The zero-order valence-electron chi connectivity index (χ0n) is 16.4. The van der Waals surface area contributed by atoms with Crippen LogP contribution >= 0.6 is 0 Å². The van der Waals surface area contributed by atoms with Crippen LogP contribution in [0.15, 0.2) is 73.3 Å². The normalized spacial score (nSPS) is 11.4. The van der Waals surface area contributed by atoms with Gasteiger partial charge in [0.25, 0.3) is 0 Å². The van der Waals surface area contributed by atoms with Gasteiger partial charge in [0.05, 0.1) is 22.8 Å². The summed E-state index contributed by atoms with van der Waals surface area (Å²) in [6.07, 6.45) is 14.6. The molecule has 2 aliphatic heterocycles. The van der Waals surface area contributed by atoms with Crippen molar-refractivity contribution in [2.24, 2.45) is 0 Å². The van der Waals surface area contributed by atoms with Crippen LogP contribution in [0.2, 0.25) is 0 Å². The van der Waals surface area contributed by atoms with Gasteiger partial charge < -0.3 is 9.97 Å². The number of hydrogen-bond donors (Lipinski definition) is 2. The minimum atomic E-state index is 0. The molecule has 6 rings (SSSR count). The second-order valence-corrected chi connectivity index (χ2v) is 6.80. The second kappa shape index (κ2) is 9.33. The van der Waals surface area contributed by atoms with Gasteiger partial charge in [-0.2, -0.15) is 0 Å². The summed E-state index contributed by atoms with van der Waals surface area (Å²) in [5.41, 5.74) is 7.86. The third-order valence-electron chi connectivity index (χ3n) is 4.52. The van der Waals surface area contributed by atoms with Gasteiger partial charge in [-0.15, -0.1) is 0 Å². The molecule has 0 spiro atoms. The van der Waals surface area contributed by atoms with E-state index in [1.807, 2.05) is 48.6 Å². The van der Waals surface area contributed by atoms with E-state index >= 15 is 0 Å². The molecule has 8 bridgehead atoms. The molecular formula is C24H18CoN6. The summed E-state index contributed by atoms with van der Waals surface area (Å²) in [6.45, 7) is 0. The first-order chi connectivity index (χ1) is 14.8. The van der Waals surface area contributed by atoms with Gasteiger partial charge in [-0.25, -0.2) is 9.97 Å². The van der Waals surface area contributed by atoms with Crippen molar-refractivity contribution >= 4 is 46.4 Å². The van der Waals surface area contributed by atoms with E-state index in [0.717, 1.165) is 44.8 Å². The number of nitrogens with zero attached hydrogens (tertiary/aromatic N) is 4. The van der Waals surface area contributed by atoms with Gasteiger partial charge in [-0.05, 0) is 72.8 Å². The summed E-state index contributed by atoms with van der Waals surface area (Å²) in [5.74, 6) is 0. The van der Waals surface area contributed by atoms with Crippen LogP contribution in [0.4, 0.5) is 0 Å². The zero-order valence-corrected chi connectivity index (χ0v) is 17.4. The summed E-state index contributed by atoms with van der Waals surface area (Å²) in [5, 5.41) is 0. The Bertz CT molecular complexity index is 1200. The SMILES string of the molecule is C1=Cc2cc3ccc(cc4nc(cc5ccc(cc1n2)[nH]5)C=C4)[nH]3.[Co].c1cnccn1.